The molecule has 1 unspecified atom stereocenters. The molecule has 0 aromatic heterocycles. The summed E-state index contributed by atoms with van der Waals surface area (Å²) in [6.45, 7) is 5.04. The number of nitrogens with one attached hydrogen (secondary N) is 1. The van der Waals surface area contributed by atoms with Gasteiger partial charge in [-0.25, -0.2) is 0 Å². The summed E-state index contributed by atoms with van der Waals surface area (Å²) in [4.78, 5) is 25.8. The second-order valence-corrected chi connectivity index (χ2v) is 6.62. The van der Waals surface area contributed by atoms with Crippen LogP contribution in [0.15, 0.2) is 36.9 Å². The molecule has 1 saturated carbocycles. The molecule has 0 radical (unpaired) electrons. The van der Waals surface area contributed by atoms with Crippen molar-refractivity contribution in [2.75, 3.05) is 20.2 Å². The molecule has 1 atom stereocenters. The fourth-order valence-electron chi connectivity index (χ4n) is 3.56. The highest BCUT2D eigenvalue weighted by molar-refractivity contribution is 5.87. The van der Waals surface area contributed by atoms with Crippen molar-refractivity contribution in [1.82, 2.24) is 10.2 Å². The number of hydrogen-bond donors (Lipinski definition) is 1. The van der Waals surface area contributed by atoms with Crippen molar-refractivity contribution in [3.8, 4) is 5.75 Å². The summed E-state index contributed by atoms with van der Waals surface area (Å²) in [5, 5.41) is 2.85. The maximum Gasteiger partial charge on any atom is 0.243 e. The monoisotopic (exact) mass is 328 g/mol. The van der Waals surface area contributed by atoms with Crippen LogP contribution in [0.25, 0.3) is 0 Å². The molecular weight excluding hydrogens is 304 g/mol. The molecule has 2 amide bonds. The predicted octanol–water partition coefficient (Wildman–Crippen LogP) is 2.09. The highest BCUT2D eigenvalue weighted by Gasteiger charge is 2.39. The van der Waals surface area contributed by atoms with E-state index in [0.29, 0.717) is 5.92 Å². The van der Waals surface area contributed by atoms with Crippen LogP contribution in [-0.2, 0) is 9.59 Å². The third-order valence-electron chi connectivity index (χ3n) is 5.11. The van der Waals surface area contributed by atoms with E-state index in [4.69, 9.17) is 4.74 Å². The van der Waals surface area contributed by atoms with Gasteiger partial charge in [-0.3, -0.25) is 9.59 Å². The van der Waals surface area contributed by atoms with Crippen molar-refractivity contribution in [1.29, 1.82) is 0 Å². The summed E-state index contributed by atoms with van der Waals surface area (Å²) in [6.07, 6.45) is 3.75. The highest BCUT2D eigenvalue weighted by Crippen LogP contribution is 2.34. The average Bonchev–Trinajstić information content (AvgIpc) is 3.07. The molecule has 0 bridgehead atoms. The molecule has 1 aliphatic heterocycles. The normalized spacial score (nSPS) is 25.7. The van der Waals surface area contributed by atoms with Crippen molar-refractivity contribution in [2.45, 2.75) is 31.2 Å². The Bertz CT molecular complexity index is 620. The van der Waals surface area contributed by atoms with Gasteiger partial charge in [-0.15, -0.1) is 0 Å². The van der Waals surface area contributed by atoms with Gasteiger partial charge < -0.3 is 15.0 Å². The molecule has 1 saturated heterocycles. The van der Waals surface area contributed by atoms with E-state index in [1.807, 2.05) is 17.0 Å². The number of amides is 2. The summed E-state index contributed by atoms with van der Waals surface area (Å²) in [7, 11) is 1.66. The van der Waals surface area contributed by atoms with Gasteiger partial charge in [0, 0.05) is 31.0 Å². The van der Waals surface area contributed by atoms with E-state index in [1.54, 1.807) is 7.11 Å². The summed E-state index contributed by atoms with van der Waals surface area (Å²) in [5.74, 6) is 1.37. The fourth-order valence-corrected chi connectivity index (χ4v) is 3.56. The van der Waals surface area contributed by atoms with E-state index >= 15 is 0 Å². The summed E-state index contributed by atoms with van der Waals surface area (Å²) in [5.41, 5.74) is 1.26. The van der Waals surface area contributed by atoms with Crippen molar-refractivity contribution >= 4 is 11.8 Å². The van der Waals surface area contributed by atoms with E-state index < -0.39 is 0 Å². The smallest absolute Gasteiger partial charge is 0.243 e. The lowest BCUT2D eigenvalue weighted by Gasteiger charge is -2.36. The zero-order valence-corrected chi connectivity index (χ0v) is 14.0. The topological polar surface area (TPSA) is 58.6 Å². The van der Waals surface area contributed by atoms with E-state index in [2.05, 4.69) is 24.0 Å². The summed E-state index contributed by atoms with van der Waals surface area (Å²) < 4.78 is 5.19. The third-order valence-corrected chi connectivity index (χ3v) is 5.11. The number of likely N-dealkylation sites (tertiary alicyclic amines) is 1. The summed E-state index contributed by atoms with van der Waals surface area (Å²) >= 11 is 0. The van der Waals surface area contributed by atoms with Crippen molar-refractivity contribution in [3.63, 3.8) is 0 Å². The Kier molecular flexibility index (Phi) is 4.88. The SMILES string of the molecule is C=CC(=O)NC1CC(C(=O)N2CCC(c3ccc(OC)cc3)C2)C1. The van der Waals surface area contributed by atoms with Crippen molar-refractivity contribution in [3.05, 3.63) is 42.5 Å². The molecule has 5 nitrogen and oxygen atoms in total. The Morgan fingerprint density at radius 3 is 2.62 bits per heavy atom. The minimum Gasteiger partial charge on any atom is -0.497 e. The number of nitrogens with zero attached hydrogens (tertiary/aromatic N) is 1. The van der Waals surface area contributed by atoms with Crippen LogP contribution >= 0.6 is 0 Å². The van der Waals surface area contributed by atoms with Gasteiger partial charge in [0.1, 0.15) is 5.75 Å². The quantitative estimate of drug-likeness (QED) is 0.842. The second kappa shape index (κ2) is 7.07. The number of ether oxygens (including phenoxy) is 1. The molecule has 24 heavy (non-hydrogen) atoms. The molecule has 2 fully saturated rings. The van der Waals surface area contributed by atoms with Gasteiger partial charge >= 0.3 is 0 Å². The van der Waals surface area contributed by atoms with Crippen LogP contribution in [0.3, 0.4) is 0 Å². The Morgan fingerprint density at radius 2 is 2.00 bits per heavy atom. The van der Waals surface area contributed by atoms with E-state index in [0.717, 1.165) is 38.1 Å². The molecule has 1 aromatic carbocycles. The maximum absolute atomic E-state index is 12.6. The van der Waals surface area contributed by atoms with Crippen LogP contribution in [0.2, 0.25) is 0 Å². The van der Waals surface area contributed by atoms with Gasteiger partial charge in [0.25, 0.3) is 0 Å². The lowest BCUT2D eigenvalue weighted by molar-refractivity contribution is -0.138. The Morgan fingerprint density at radius 1 is 1.29 bits per heavy atom. The van der Waals surface area contributed by atoms with Crippen molar-refractivity contribution < 1.29 is 14.3 Å². The molecule has 2 aliphatic rings. The maximum atomic E-state index is 12.6. The Hall–Kier alpha value is -2.30. The number of methoxy groups -OCH3 is 1. The highest BCUT2D eigenvalue weighted by atomic mass is 16.5. The molecule has 1 heterocycles. The van der Waals surface area contributed by atoms with Crippen LogP contribution < -0.4 is 10.1 Å². The van der Waals surface area contributed by atoms with E-state index in [9.17, 15) is 9.59 Å². The number of benzene rings is 1. The van der Waals surface area contributed by atoms with Gasteiger partial charge in [0.05, 0.1) is 7.11 Å². The largest absolute Gasteiger partial charge is 0.497 e. The molecular formula is C19H24N2O3. The minimum absolute atomic E-state index is 0.0507. The zero-order chi connectivity index (χ0) is 17.1. The number of carbonyl (C=O) groups excluding carboxylic acids is 2. The van der Waals surface area contributed by atoms with Crippen LogP contribution in [-0.4, -0.2) is 43.0 Å². The first-order valence-corrected chi connectivity index (χ1v) is 8.46. The molecule has 1 aromatic rings. The van der Waals surface area contributed by atoms with Gasteiger partial charge in [0.15, 0.2) is 0 Å². The fraction of sp³-hybridized carbons (Fsp3) is 0.474. The van der Waals surface area contributed by atoms with Crippen LogP contribution in [0.4, 0.5) is 0 Å². The summed E-state index contributed by atoms with van der Waals surface area (Å²) in [6, 6.07) is 8.23. The first-order valence-electron chi connectivity index (χ1n) is 8.46. The van der Waals surface area contributed by atoms with Crippen LogP contribution in [0, 0.1) is 5.92 Å². The van der Waals surface area contributed by atoms with Gasteiger partial charge in [-0.05, 0) is 43.0 Å². The molecule has 0 spiro atoms. The standard InChI is InChI=1S/C19H24N2O3/c1-3-18(22)20-16-10-15(11-16)19(23)21-9-8-14(12-21)13-4-6-17(24-2)7-5-13/h3-7,14-16H,1,8-12H2,2H3,(H,20,22). The molecule has 1 N–H and O–H groups in total. The average molecular weight is 328 g/mol. The van der Waals surface area contributed by atoms with Gasteiger partial charge in [0.2, 0.25) is 11.8 Å². The Balaban J connectivity index is 1.49. The predicted molar refractivity (Wildman–Crippen MR) is 91.8 cm³/mol. The molecule has 128 valence electrons. The van der Waals surface area contributed by atoms with Gasteiger partial charge in [-0.1, -0.05) is 18.7 Å². The number of rotatable bonds is 5. The molecule has 5 heteroatoms. The molecule has 3 rings (SSSR count). The number of hydrogen-bond acceptors (Lipinski definition) is 3. The van der Waals surface area contributed by atoms with E-state index in [1.165, 1.54) is 11.6 Å². The van der Waals surface area contributed by atoms with Gasteiger partial charge in [-0.2, -0.15) is 0 Å². The van der Waals surface area contributed by atoms with Crippen LogP contribution in [0.5, 0.6) is 5.75 Å². The first-order chi connectivity index (χ1) is 11.6. The molecule has 1 aliphatic carbocycles. The van der Waals surface area contributed by atoms with Crippen molar-refractivity contribution in [2.24, 2.45) is 5.92 Å². The van der Waals surface area contributed by atoms with Crippen LogP contribution in [0.1, 0.15) is 30.7 Å². The first kappa shape index (κ1) is 16.6. The third kappa shape index (κ3) is 3.45. The zero-order valence-electron chi connectivity index (χ0n) is 14.0. The lowest BCUT2D eigenvalue weighted by Crippen LogP contribution is -2.49. The lowest BCUT2D eigenvalue weighted by atomic mass is 9.79. The number of carbonyl (C=O) groups is 2. The minimum atomic E-state index is -0.161. The van der Waals surface area contributed by atoms with E-state index in [-0.39, 0.29) is 23.8 Å². The Labute approximate surface area is 142 Å². The second-order valence-electron chi connectivity index (χ2n) is 6.62.